The summed E-state index contributed by atoms with van der Waals surface area (Å²) in [4.78, 5) is 10.8. The number of amides is 1. The second-order valence-corrected chi connectivity index (χ2v) is 4.91. The highest BCUT2D eigenvalue weighted by Crippen LogP contribution is 2.19. The third-order valence-electron chi connectivity index (χ3n) is 2.69. The Morgan fingerprint density at radius 2 is 2.11 bits per heavy atom. The number of halogens is 1. The Hall–Kier alpha value is -1.62. The number of nitrogens with one attached hydrogen (secondary N) is 1. The van der Waals surface area contributed by atoms with E-state index in [-0.39, 0.29) is 12.4 Å². The summed E-state index contributed by atoms with van der Waals surface area (Å²) < 4.78 is 19.0. The van der Waals surface area contributed by atoms with Crippen LogP contribution in [0.2, 0.25) is 0 Å². The lowest BCUT2D eigenvalue weighted by Crippen LogP contribution is -2.26. The highest BCUT2D eigenvalue weighted by molar-refractivity contribution is 5.76. The third kappa shape index (κ3) is 5.26. The topological polar surface area (TPSA) is 64.3 Å². The van der Waals surface area contributed by atoms with E-state index in [1.165, 1.54) is 6.07 Å². The highest BCUT2D eigenvalue weighted by atomic mass is 19.1. The van der Waals surface area contributed by atoms with E-state index in [0.29, 0.717) is 12.6 Å². The molecule has 0 aliphatic carbocycles. The molecule has 106 valence electrons. The molecule has 1 aromatic rings. The van der Waals surface area contributed by atoms with Gasteiger partial charge in [0.25, 0.3) is 0 Å². The fourth-order valence-corrected chi connectivity index (χ4v) is 1.39. The lowest BCUT2D eigenvalue weighted by atomic mass is 10.2. The molecule has 1 unspecified atom stereocenters. The summed E-state index contributed by atoms with van der Waals surface area (Å²) >= 11 is 0. The molecule has 0 saturated heterocycles. The number of carbonyl (C=O) groups excluding carboxylic acids is 1. The molecule has 0 spiro atoms. The zero-order valence-corrected chi connectivity index (χ0v) is 11.6. The van der Waals surface area contributed by atoms with E-state index in [0.717, 1.165) is 5.56 Å². The van der Waals surface area contributed by atoms with Crippen molar-refractivity contribution in [2.24, 2.45) is 11.7 Å². The van der Waals surface area contributed by atoms with Crippen LogP contribution in [0.1, 0.15) is 26.3 Å². The van der Waals surface area contributed by atoms with Crippen molar-refractivity contribution in [3.05, 3.63) is 29.6 Å². The van der Waals surface area contributed by atoms with Crippen LogP contribution in [-0.4, -0.2) is 18.6 Å². The molecule has 0 saturated carbocycles. The Bertz CT molecular complexity index is 435. The van der Waals surface area contributed by atoms with Crippen molar-refractivity contribution in [1.82, 2.24) is 5.32 Å². The molecule has 1 amide bonds. The van der Waals surface area contributed by atoms with Crippen molar-refractivity contribution in [3.8, 4) is 5.75 Å². The minimum atomic E-state index is -0.460. The number of rotatable bonds is 7. The van der Waals surface area contributed by atoms with E-state index in [1.807, 2.05) is 13.8 Å². The summed E-state index contributed by atoms with van der Waals surface area (Å²) in [6.45, 7) is 6.38. The second kappa shape index (κ2) is 7.09. The first-order valence-corrected chi connectivity index (χ1v) is 6.34. The van der Waals surface area contributed by atoms with Crippen LogP contribution in [0.4, 0.5) is 4.39 Å². The number of carbonyl (C=O) groups is 1. The van der Waals surface area contributed by atoms with Gasteiger partial charge in [0.2, 0.25) is 5.91 Å². The van der Waals surface area contributed by atoms with E-state index in [2.05, 4.69) is 5.32 Å². The molecular formula is C14H21FN2O2. The summed E-state index contributed by atoms with van der Waals surface area (Å²) in [5.74, 6) is -1.19. The van der Waals surface area contributed by atoms with E-state index in [1.54, 1.807) is 19.1 Å². The Kier molecular flexibility index (Phi) is 5.76. The predicted octanol–water partition coefficient (Wildman–Crippen LogP) is 1.82. The van der Waals surface area contributed by atoms with Gasteiger partial charge in [0.15, 0.2) is 11.6 Å². The summed E-state index contributed by atoms with van der Waals surface area (Å²) in [5.41, 5.74) is 5.96. The van der Waals surface area contributed by atoms with Gasteiger partial charge in [-0.3, -0.25) is 4.79 Å². The van der Waals surface area contributed by atoms with Gasteiger partial charge in [0, 0.05) is 12.6 Å². The van der Waals surface area contributed by atoms with Crippen molar-refractivity contribution in [2.75, 3.05) is 6.61 Å². The van der Waals surface area contributed by atoms with Crippen molar-refractivity contribution >= 4 is 5.91 Å². The lowest BCUT2D eigenvalue weighted by molar-refractivity contribution is -0.122. The normalized spacial score (nSPS) is 12.5. The molecule has 3 N–H and O–H groups in total. The predicted molar refractivity (Wildman–Crippen MR) is 72.2 cm³/mol. The first-order valence-electron chi connectivity index (χ1n) is 6.34. The smallest absolute Gasteiger partial charge is 0.223 e. The Morgan fingerprint density at radius 1 is 1.42 bits per heavy atom. The number of primary amides is 1. The molecule has 0 heterocycles. The van der Waals surface area contributed by atoms with Crippen LogP contribution in [0.5, 0.6) is 5.75 Å². The maximum atomic E-state index is 13.8. The Morgan fingerprint density at radius 3 is 2.63 bits per heavy atom. The quantitative estimate of drug-likeness (QED) is 0.793. The Balaban J connectivity index is 2.59. The molecule has 4 nitrogen and oxygen atoms in total. The number of hydrogen-bond donors (Lipinski definition) is 2. The van der Waals surface area contributed by atoms with Crippen molar-refractivity contribution in [3.63, 3.8) is 0 Å². The van der Waals surface area contributed by atoms with Gasteiger partial charge in [-0.1, -0.05) is 26.8 Å². The Labute approximate surface area is 113 Å². The van der Waals surface area contributed by atoms with Crippen molar-refractivity contribution < 1.29 is 13.9 Å². The minimum absolute atomic E-state index is 0.0792. The molecule has 0 bridgehead atoms. The molecule has 1 aromatic carbocycles. The molecule has 19 heavy (non-hydrogen) atoms. The monoisotopic (exact) mass is 268 g/mol. The number of hydrogen-bond acceptors (Lipinski definition) is 3. The molecule has 0 aliphatic rings. The molecule has 0 aliphatic heterocycles. The average Bonchev–Trinajstić information content (AvgIpc) is 2.34. The van der Waals surface area contributed by atoms with E-state index in [4.69, 9.17) is 10.5 Å². The zero-order chi connectivity index (χ0) is 14.4. The van der Waals surface area contributed by atoms with Crippen LogP contribution in [-0.2, 0) is 11.3 Å². The fraction of sp³-hybridized carbons (Fsp3) is 0.500. The second-order valence-electron chi connectivity index (χ2n) is 4.91. The van der Waals surface area contributed by atoms with Gasteiger partial charge in [-0.05, 0) is 17.7 Å². The van der Waals surface area contributed by atoms with Crippen molar-refractivity contribution in [1.29, 1.82) is 0 Å². The van der Waals surface area contributed by atoms with Crippen LogP contribution in [0.3, 0.4) is 0 Å². The summed E-state index contributed by atoms with van der Waals surface area (Å²) in [7, 11) is 0. The van der Waals surface area contributed by atoms with Crippen LogP contribution >= 0.6 is 0 Å². The number of ether oxygens (including phenoxy) is 1. The average molecular weight is 268 g/mol. The maximum Gasteiger partial charge on any atom is 0.223 e. The van der Waals surface area contributed by atoms with Gasteiger partial charge in [-0.2, -0.15) is 0 Å². The molecule has 5 heteroatoms. The summed E-state index contributed by atoms with van der Waals surface area (Å²) in [6, 6.07) is 5.14. The molecular weight excluding hydrogens is 247 g/mol. The maximum absolute atomic E-state index is 13.8. The third-order valence-corrected chi connectivity index (χ3v) is 2.69. The zero-order valence-electron chi connectivity index (χ0n) is 11.6. The standard InChI is InChI=1S/C14H21FN2O2/c1-9(2)17-7-11-4-5-13(12(15)6-11)19-8-10(3)14(16)18/h4-6,9-10,17H,7-8H2,1-3H3,(H2,16,18). The largest absolute Gasteiger partial charge is 0.490 e. The first kappa shape index (κ1) is 15.4. The first-order chi connectivity index (χ1) is 8.90. The van der Waals surface area contributed by atoms with Crippen LogP contribution < -0.4 is 15.8 Å². The summed E-state index contributed by atoms with van der Waals surface area (Å²) in [5, 5.41) is 3.20. The van der Waals surface area contributed by atoms with E-state index in [9.17, 15) is 9.18 Å². The van der Waals surface area contributed by atoms with Gasteiger partial charge < -0.3 is 15.8 Å². The lowest BCUT2D eigenvalue weighted by Gasteiger charge is -2.12. The van der Waals surface area contributed by atoms with Gasteiger partial charge in [-0.25, -0.2) is 4.39 Å². The van der Waals surface area contributed by atoms with Gasteiger partial charge in [0.1, 0.15) is 0 Å². The molecule has 0 aromatic heterocycles. The van der Waals surface area contributed by atoms with Crippen LogP contribution in [0, 0.1) is 11.7 Å². The summed E-state index contributed by atoms with van der Waals surface area (Å²) in [6.07, 6.45) is 0. The molecule has 0 radical (unpaired) electrons. The van der Waals surface area contributed by atoms with Gasteiger partial charge in [0.05, 0.1) is 12.5 Å². The molecule has 1 atom stereocenters. The van der Waals surface area contributed by atoms with E-state index < -0.39 is 17.6 Å². The van der Waals surface area contributed by atoms with Gasteiger partial charge >= 0.3 is 0 Å². The fourth-order valence-electron chi connectivity index (χ4n) is 1.39. The van der Waals surface area contributed by atoms with Gasteiger partial charge in [-0.15, -0.1) is 0 Å². The molecule has 1 rings (SSSR count). The number of nitrogens with two attached hydrogens (primary N) is 1. The number of benzene rings is 1. The SMILES string of the molecule is CC(C)NCc1ccc(OCC(C)C(N)=O)c(F)c1. The molecule has 0 fully saturated rings. The van der Waals surface area contributed by atoms with Crippen LogP contribution in [0.25, 0.3) is 0 Å². The van der Waals surface area contributed by atoms with E-state index >= 15 is 0 Å². The highest BCUT2D eigenvalue weighted by Gasteiger charge is 2.11. The van der Waals surface area contributed by atoms with Crippen molar-refractivity contribution in [2.45, 2.75) is 33.4 Å². The minimum Gasteiger partial charge on any atom is -0.490 e. The van der Waals surface area contributed by atoms with Crippen LogP contribution in [0.15, 0.2) is 18.2 Å².